The molecule has 0 fully saturated rings. The first-order chi connectivity index (χ1) is 10.2. The summed E-state index contributed by atoms with van der Waals surface area (Å²) >= 11 is 2.20. The summed E-state index contributed by atoms with van der Waals surface area (Å²) in [6.07, 6.45) is 0. The Morgan fingerprint density at radius 1 is 1.14 bits per heavy atom. The van der Waals surface area contributed by atoms with Gasteiger partial charge >= 0.3 is 0 Å². The van der Waals surface area contributed by atoms with Gasteiger partial charge in [0, 0.05) is 22.3 Å². The minimum absolute atomic E-state index is 0.0558. The van der Waals surface area contributed by atoms with E-state index in [2.05, 4.69) is 27.9 Å². The van der Waals surface area contributed by atoms with Crippen LogP contribution < -0.4 is 5.32 Å². The minimum Gasteiger partial charge on any atom is -0.377 e. The highest BCUT2D eigenvalue weighted by Gasteiger charge is 2.07. The van der Waals surface area contributed by atoms with Gasteiger partial charge < -0.3 is 10.1 Å². The van der Waals surface area contributed by atoms with Gasteiger partial charge in [-0.15, -0.1) is 0 Å². The van der Waals surface area contributed by atoms with Gasteiger partial charge in [-0.3, -0.25) is 4.79 Å². The highest BCUT2D eigenvalue weighted by molar-refractivity contribution is 14.1. The second-order valence-electron chi connectivity index (χ2n) is 4.60. The molecule has 110 valence electrons. The lowest BCUT2D eigenvalue weighted by molar-refractivity contribution is 0.0949. The van der Waals surface area contributed by atoms with Gasteiger partial charge in [-0.05, 0) is 58.8 Å². The van der Waals surface area contributed by atoms with E-state index in [1.54, 1.807) is 0 Å². The van der Waals surface area contributed by atoms with Gasteiger partial charge in [0.15, 0.2) is 0 Å². The molecule has 1 N–H and O–H groups in total. The van der Waals surface area contributed by atoms with Crippen LogP contribution in [-0.2, 0) is 17.9 Å². The Morgan fingerprint density at radius 2 is 1.90 bits per heavy atom. The van der Waals surface area contributed by atoms with E-state index in [-0.39, 0.29) is 5.91 Å². The van der Waals surface area contributed by atoms with Crippen LogP contribution in [-0.4, -0.2) is 12.5 Å². The van der Waals surface area contributed by atoms with Crippen LogP contribution in [0.5, 0.6) is 0 Å². The van der Waals surface area contributed by atoms with Crippen LogP contribution in [0, 0.1) is 3.57 Å². The highest BCUT2D eigenvalue weighted by Crippen LogP contribution is 2.11. The van der Waals surface area contributed by atoms with Crippen molar-refractivity contribution in [3.8, 4) is 0 Å². The van der Waals surface area contributed by atoms with E-state index in [4.69, 9.17) is 4.74 Å². The van der Waals surface area contributed by atoms with Crippen LogP contribution >= 0.6 is 22.6 Å². The van der Waals surface area contributed by atoms with Gasteiger partial charge in [0.2, 0.25) is 0 Å². The molecular weight excluding hydrogens is 377 g/mol. The fourth-order valence-electron chi connectivity index (χ4n) is 1.99. The number of carbonyl (C=O) groups excluding carboxylic acids is 1. The lowest BCUT2D eigenvalue weighted by Crippen LogP contribution is -2.23. The Bertz CT molecular complexity index is 613. The summed E-state index contributed by atoms with van der Waals surface area (Å²) in [5, 5.41) is 2.96. The van der Waals surface area contributed by atoms with Gasteiger partial charge in [-0.25, -0.2) is 0 Å². The molecule has 0 spiro atoms. The summed E-state index contributed by atoms with van der Waals surface area (Å²) in [5.74, 6) is -0.0558. The molecule has 2 rings (SSSR count). The molecule has 1 amide bonds. The number of amides is 1. The fourth-order valence-corrected chi connectivity index (χ4v) is 2.53. The Hall–Kier alpha value is -1.40. The zero-order chi connectivity index (χ0) is 15.1. The van der Waals surface area contributed by atoms with E-state index in [9.17, 15) is 4.79 Å². The zero-order valence-electron chi connectivity index (χ0n) is 11.9. The van der Waals surface area contributed by atoms with Crippen molar-refractivity contribution in [3.63, 3.8) is 0 Å². The summed E-state index contributed by atoms with van der Waals surface area (Å²) in [6, 6.07) is 15.6. The fraction of sp³-hybridized carbons (Fsp3) is 0.235. The molecular formula is C17H18INO2. The Labute approximate surface area is 138 Å². The third-order valence-corrected chi connectivity index (χ3v) is 3.78. The molecule has 2 aromatic rings. The van der Waals surface area contributed by atoms with Crippen molar-refractivity contribution in [2.75, 3.05) is 6.61 Å². The first-order valence-corrected chi connectivity index (χ1v) is 7.97. The predicted octanol–water partition coefficient (Wildman–Crippen LogP) is 3.76. The summed E-state index contributed by atoms with van der Waals surface area (Å²) in [6.45, 7) is 3.74. The molecule has 0 radical (unpaired) electrons. The lowest BCUT2D eigenvalue weighted by Gasteiger charge is -2.11. The van der Waals surface area contributed by atoms with Crippen molar-refractivity contribution >= 4 is 28.5 Å². The first kappa shape index (κ1) is 16.0. The highest BCUT2D eigenvalue weighted by atomic mass is 127. The standard InChI is InChI=1S/C17H18INO2/c1-2-21-12-15-7-4-3-6-14(15)11-19-17(20)13-8-5-9-16(18)10-13/h3-10H,2,11-12H2,1H3,(H,19,20). The molecule has 2 aromatic carbocycles. The predicted molar refractivity (Wildman–Crippen MR) is 92.1 cm³/mol. The van der Waals surface area contributed by atoms with Crippen LogP contribution in [0.1, 0.15) is 28.4 Å². The number of ether oxygens (including phenoxy) is 1. The van der Waals surface area contributed by atoms with Crippen LogP contribution in [0.4, 0.5) is 0 Å². The molecule has 3 nitrogen and oxygen atoms in total. The van der Waals surface area contributed by atoms with Crippen LogP contribution in [0.2, 0.25) is 0 Å². The first-order valence-electron chi connectivity index (χ1n) is 6.89. The molecule has 0 bridgehead atoms. The van der Waals surface area contributed by atoms with Crippen molar-refractivity contribution in [1.29, 1.82) is 0 Å². The SMILES string of the molecule is CCOCc1ccccc1CNC(=O)c1cccc(I)c1. The monoisotopic (exact) mass is 395 g/mol. The lowest BCUT2D eigenvalue weighted by atomic mass is 10.1. The number of hydrogen-bond donors (Lipinski definition) is 1. The van der Waals surface area contributed by atoms with Crippen molar-refractivity contribution in [1.82, 2.24) is 5.32 Å². The molecule has 4 heteroatoms. The maximum absolute atomic E-state index is 12.1. The number of benzene rings is 2. The third kappa shape index (κ3) is 4.82. The second kappa shape index (κ2) is 8.14. The number of carbonyl (C=O) groups is 1. The zero-order valence-corrected chi connectivity index (χ0v) is 14.1. The van der Waals surface area contributed by atoms with E-state index < -0.39 is 0 Å². The summed E-state index contributed by atoms with van der Waals surface area (Å²) in [4.78, 5) is 12.1. The number of rotatable bonds is 6. The Balaban J connectivity index is 2.01. The molecule has 0 aromatic heterocycles. The largest absolute Gasteiger partial charge is 0.377 e. The number of nitrogens with one attached hydrogen (secondary N) is 1. The average Bonchev–Trinajstić information content (AvgIpc) is 2.51. The van der Waals surface area contributed by atoms with E-state index in [1.165, 1.54) is 0 Å². The summed E-state index contributed by atoms with van der Waals surface area (Å²) < 4.78 is 6.51. The van der Waals surface area contributed by atoms with Gasteiger partial charge in [0.25, 0.3) is 5.91 Å². The molecule has 0 saturated carbocycles. The van der Waals surface area contributed by atoms with Gasteiger partial charge in [0.05, 0.1) is 6.61 Å². The van der Waals surface area contributed by atoms with Gasteiger partial charge in [-0.1, -0.05) is 30.3 Å². The smallest absolute Gasteiger partial charge is 0.251 e. The third-order valence-electron chi connectivity index (χ3n) is 3.11. The molecule has 0 unspecified atom stereocenters. The molecule has 0 aliphatic carbocycles. The van der Waals surface area contributed by atoms with E-state index in [1.807, 2.05) is 55.5 Å². The second-order valence-corrected chi connectivity index (χ2v) is 5.84. The van der Waals surface area contributed by atoms with Crippen LogP contribution in [0.3, 0.4) is 0 Å². The topological polar surface area (TPSA) is 38.3 Å². The normalized spacial score (nSPS) is 10.4. The van der Waals surface area contributed by atoms with Gasteiger partial charge in [-0.2, -0.15) is 0 Å². The number of hydrogen-bond acceptors (Lipinski definition) is 2. The van der Waals surface area contributed by atoms with E-state index in [0.717, 1.165) is 14.7 Å². The van der Waals surface area contributed by atoms with Crippen molar-refractivity contribution < 1.29 is 9.53 Å². The van der Waals surface area contributed by atoms with Crippen LogP contribution in [0.15, 0.2) is 48.5 Å². The summed E-state index contributed by atoms with van der Waals surface area (Å²) in [5.41, 5.74) is 2.89. The molecule has 0 aliphatic rings. The van der Waals surface area contributed by atoms with Gasteiger partial charge in [0.1, 0.15) is 0 Å². The minimum atomic E-state index is -0.0558. The molecule has 0 atom stereocenters. The average molecular weight is 395 g/mol. The van der Waals surface area contributed by atoms with Crippen LogP contribution in [0.25, 0.3) is 0 Å². The molecule has 21 heavy (non-hydrogen) atoms. The quantitative estimate of drug-likeness (QED) is 0.757. The molecule has 0 aliphatic heterocycles. The van der Waals surface area contributed by atoms with E-state index >= 15 is 0 Å². The maximum atomic E-state index is 12.1. The Morgan fingerprint density at radius 3 is 2.62 bits per heavy atom. The Kier molecular flexibility index (Phi) is 6.20. The molecule has 0 saturated heterocycles. The van der Waals surface area contributed by atoms with Crippen molar-refractivity contribution in [3.05, 3.63) is 68.8 Å². The van der Waals surface area contributed by atoms with Crippen molar-refractivity contribution in [2.24, 2.45) is 0 Å². The van der Waals surface area contributed by atoms with E-state index in [0.29, 0.717) is 25.3 Å². The summed E-state index contributed by atoms with van der Waals surface area (Å²) in [7, 11) is 0. The van der Waals surface area contributed by atoms with Crippen molar-refractivity contribution in [2.45, 2.75) is 20.1 Å². The number of halogens is 1. The molecule has 0 heterocycles. The maximum Gasteiger partial charge on any atom is 0.251 e.